The summed E-state index contributed by atoms with van der Waals surface area (Å²) in [5.41, 5.74) is -0.966. The zero-order chi connectivity index (χ0) is 13.2. The van der Waals surface area contributed by atoms with Gasteiger partial charge in [-0.05, 0) is 20.9 Å². The highest BCUT2D eigenvalue weighted by Crippen LogP contribution is 2.16. The molecule has 0 spiro atoms. The van der Waals surface area contributed by atoms with E-state index in [1.807, 2.05) is 13.8 Å². The second-order valence-corrected chi connectivity index (χ2v) is 4.92. The van der Waals surface area contributed by atoms with Crippen molar-refractivity contribution in [3.05, 3.63) is 11.7 Å². The maximum atomic E-state index is 11.1. The second kappa shape index (κ2) is 4.83. The summed E-state index contributed by atoms with van der Waals surface area (Å²) in [5, 5.41) is 12.9. The van der Waals surface area contributed by atoms with E-state index >= 15 is 0 Å². The van der Waals surface area contributed by atoms with Crippen molar-refractivity contribution in [2.75, 3.05) is 7.05 Å². The van der Waals surface area contributed by atoms with Gasteiger partial charge in [0.15, 0.2) is 5.82 Å². The SMILES string of the molecule is CC(C)c1noc(CN(C)C(C)(C)C(=O)O)n1. The quantitative estimate of drug-likeness (QED) is 0.841. The summed E-state index contributed by atoms with van der Waals surface area (Å²) in [6.45, 7) is 7.53. The molecule has 1 rings (SSSR count). The van der Waals surface area contributed by atoms with Gasteiger partial charge in [-0.1, -0.05) is 19.0 Å². The van der Waals surface area contributed by atoms with Gasteiger partial charge in [0.2, 0.25) is 5.89 Å². The second-order valence-electron chi connectivity index (χ2n) is 4.92. The van der Waals surface area contributed by atoms with Gasteiger partial charge in [-0.2, -0.15) is 4.98 Å². The van der Waals surface area contributed by atoms with E-state index in [2.05, 4.69) is 10.1 Å². The van der Waals surface area contributed by atoms with E-state index in [4.69, 9.17) is 9.63 Å². The van der Waals surface area contributed by atoms with Crippen molar-refractivity contribution in [2.24, 2.45) is 0 Å². The van der Waals surface area contributed by atoms with Crippen molar-refractivity contribution < 1.29 is 14.4 Å². The molecule has 17 heavy (non-hydrogen) atoms. The van der Waals surface area contributed by atoms with Crippen LogP contribution in [-0.4, -0.2) is 38.7 Å². The standard InChI is InChI=1S/C11H19N3O3/c1-7(2)9-12-8(17-13-9)6-14(5)11(3,4)10(15)16/h7H,6H2,1-5H3,(H,15,16). The highest BCUT2D eigenvalue weighted by molar-refractivity contribution is 5.77. The average molecular weight is 241 g/mol. The topological polar surface area (TPSA) is 79.5 Å². The Kier molecular flexibility index (Phi) is 3.87. The van der Waals surface area contributed by atoms with Crippen LogP contribution in [0.2, 0.25) is 0 Å². The number of rotatable bonds is 5. The van der Waals surface area contributed by atoms with Crippen molar-refractivity contribution >= 4 is 5.97 Å². The molecular weight excluding hydrogens is 222 g/mol. The lowest BCUT2D eigenvalue weighted by molar-refractivity contribution is -0.149. The number of carboxylic acids is 1. The molecule has 0 saturated carbocycles. The lowest BCUT2D eigenvalue weighted by Gasteiger charge is -2.29. The highest BCUT2D eigenvalue weighted by atomic mass is 16.5. The molecule has 0 bridgehead atoms. The fraction of sp³-hybridized carbons (Fsp3) is 0.727. The molecule has 0 aliphatic carbocycles. The van der Waals surface area contributed by atoms with Crippen molar-refractivity contribution in [2.45, 2.75) is 45.7 Å². The number of aliphatic carboxylic acids is 1. The van der Waals surface area contributed by atoms with E-state index < -0.39 is 11.5 Å². The molecule has 6 heteroatoms. The lowest BCUT2D eigenvalue weighted by Crippen LogP contribution is -2.47. The first-order valence-corrected chi connectivity index (χ1v) is 5.52. The minimum Gasteiger partial charge on any atom is -0.480 e. The normalized spacial score (nSPS) is 12.4. The molecule has 1 aromatic rings. The third kappa shape index (κ3) is 3.03. The van der Waals surface area contributed by atoms with Crippen LogP contribution in [0.3, 0.4) is 0 Å². The molecule has 0 saturated heterocycles. The molecule has 6 nitrogen and oxygen atoms in total. The van der Waals surface area contributed by atoms with Crippen LogP contribution in [0.15, 0.2) is 4.52 Å². The Hall–Kier alpha value is -1.43. The first-order valence-electron chi connectivity index (χ1n) is 5.52. The van der Waals surface area contributed by atoms with Crippen LogP contribution in [0.1, 0.15) is 45.3 Å². The van der Waals surface area contributed by atoms with Crippen molar-refractivity contribution in [1.29, 1.82) is 0 Å². The number of carboxylic acid groups (broad SMARTS) is 1. The van der Waals surface area contributed by atoms with E-state index in [9.17, 15) is 4.79 Å². The first kappa shape index (κ1) is 13.6. The van der Waals surface area contributed by atoms with Crippen LogP contribution in [0.5, 0.6) is 0 Å². The third-order valence-electron chi connectivity index (χ3n) is 2.85. The third-order valence-corrected chi connectivity index (χ3v) is 2.85. The van der Waals surface area contributed by atoms with Gasteiger partial charge in [0.1, 0.15) is 5.54 Å². The summed E-state index contributed by atoms with van der Waals surface area (Å²) in [6.07, 6.45) is 0. The van der Waals surface area contributed by atoms with Gasteiger partial charge < -0.3 is 9.63 Å². The van der Waals surface area contributed by atoms with Crippen molar-refractivity contribution in [3.63, 3.8) is 0 Å². The van der Waals surface area contributed by atoms with E-state index in [0.717, 1.165) is 0 Å². The zero-order valence-electron chi connectivity index (χ0n) is 10.9. The van der Waals surface area contributed by atoms with Gasteiger partial charge in [0.05, 0.1) is 6.54 Å². The first-order chi connectivity index (χ1) is 7.75. The summed E-state index contributed by atoms with van der Waals surface area (Å²) >= 11 is 0. The minimum absolute atomic E-state index is 0.199. The predicted octanol–water partition coefficient (Wildman–Crippen LogP) is 1.49. The Labute approximate surface area is 101 Å². The van der Waals surface area contributed by atoms with Crippen LogP contribution >= 0.6 is 0 Å². The molecule has 0 atom stereocenters. The fourth-order valence-electron chi connectivity index (χ4n) is 1.13. The van der Waals surface area contributed by atoms with Crippen LogP contribution in [-0.2, 0) is 11.3 Å². The lowest BCUT2D eigenvalue weighted by atomic mass is 10.0. The number of carbonyl (C=O) groups is 1. The van der Waals surface area contributed by atoms with Gasteiger partial charge in [0.25, 0.3) is 0 Å². The maximum Gasteiger partial charge on any atom is 0.323 e. The number of aromatic nitrogens is 2. The molecule has 0 amide bonds. The van der Waals surface area contributed by atoms with Crippen LogP contribution < -0.4 is 0 Å². The Bertz CT molecular complexity index is 398. The monoisotopic (exact) mass is 241 g/mol. The Morgan fingerprint density at radius 3 is 2.53 bits per heavy atom. The molecule has 1 heterocycles. The molecule has 1 N–H and O–H groups in total. The van der Waals surface area contributed by atoms with Crippen molar-refractivity contribution in [3.8, 4) is 0 Å². The summed E-state index contributed by atoms with van der Waals surface area (Å²) in [5.74, 6) is 0.390. The summed E-state index contributed by atoms with van der Waals surface area (Å²) in [7, 11) is 1.72. The van der Waals surface area contributed by atoms with E-state index in [1.54, 1.807) is 25.8 Å². The summed E-state index contributed by atoms with van der Waals surface area (Å²) in [6, 6.07) is 0. The Morgan fingerprint density at radius 2 is 2.12 bits per heavy atom. The van der Waals surface area contributed by atoms with E-state index in [-0.39, 0.29) is 5.92 Å². The van der Waals surface area contributed by atoms with E-state index in [1.165, 1.54) is 0 Å². The molecule has 0 fully saturated rings. The Morgan fingerprint density at radius 1 is 1.53 bits per heavy atom. The van der Waals surface area contributed by atoms with E-state index in [0.29, 0.717) is 18.3 Å². The van der Waals surface area contributed by atoms with Gasteiger partial charge >= 0.3 is 5.97 Å². The van der Waals surface area contributed by atoms with Crippen molar-refractivity contribution in [1.82, 2.24) is 15.0 Å². The minimum atomic E-state index is -0.966. The van der Waals surface area contributed by atoms with Gasteiger partial charge in [0, 0.05) is 5.92 Å². The molecule has 0 aromatic carbocycles. The van der Waals surface area contributed by atoms with Crippen LogP contribution in [0.4, 0.5) is 0 Å². The average Bonchev–Trinajstić information content (AvgIpc) is 2.65. The molecule has 1 aromatic heterocycles. The Balaban J connectivity index is 2.74. The summed E-state index contributed by atoms with van der Waals surface area (Å²) in [4.78, 5) is 16.9. The largest absolute Gasteiger partial charge is 0.480 e. The van der Waals surface area contributed by atoms with Crippen LogP contribution in [0, 0.1) is 0 Å². The number of likely N-dealkylation sites (N-methyl/N-ethyl adjacent to an activating group) is 1. The van der Waals surface area contributed by atoms with Crippen LogP contribution in [0.25, 0.3) is 0 Å². The number of hydrogen-bond donors (Lipinski definition) is 1. The predicted molar refractivity (Wildman–Crippen MR) is 61.6 cm³/mol. The smallest absolute Gasteiger partial charge is 0.323 e. The molecular formula is C11H19N3O3. The van der Waals surface area contributed by atoms with Gasteiger partial charge in [-0.3, -0.25) is 9.69 Å². The zero-order valence-corrected chi connectivity index (χ0v) is 10.9. The molecule has 0 radical (unpaired) electrons. The fourth-order valence-corrected chi connectivity index (χ4v) is 1.13. The molecule has 96 valence electrons. The summed E-state index contributed by atoms with van der Waals surface area (Å²) < 4.78 is 5.08. The highest BCUT2D eigenvalue weighted by Gasteiger charge is 2.32. The number of nitrogens with zero attached hydrogens (tertiary/aromatic N) is 3. The molecule has 0 unspecified atom stereocenters. The van der Waals surface area contributed by atoms with Gasteiger partial charge in [-0.25, -0.2) is 0 Å². The number of hydrogen-bond acceptors (Lipinski definition) is 5. The maximum absolute atomic E-state index is 11.1. The van der Waals surface area contributed by atoms with Gasteiger partial charge in [-0.15, -0.1) is 0 Å². The molecule has 0 aliphatic rings. The molecule has 0 aliphatic heterocycles.